The second-order valence-electron chi connectivity index (χ2n) is 3.57. The van der Waals surface area contributed by atoms with Gasteiger partial charge < -0.3 is 5.32 Å². The maximum atomic E-state index is 11.6. The molecule has 1 aliphatic rings. The first-order valence-electron chi connectivity index (χ1n) is 4.96. The van der Waals surface area contributed by atoms with E-state index < -0.39 is 15.9 Å². The number of allylic oxidation sites excluding steroid dienone is 1. The van der Waals surface area contributed by atoms with Crippen LogP contribution in [0.3, 0.4) is 0 Å². The molecule has 1 amide bonds. The largest absolute Gasteiger partial charge is 0.360 e. The van der Waals surface area contributed by atoms with Crippen molar-refractivity contribution in [2.45, 2.75) is 4.90 Å². The van der Waals surface area contributed by atoms with Crippen LogP contribution in [0.15, 0.2) is 34.9 Å². The van der Waals surface area contributed by atoms with Crippen molar-refractivity contribution in [3.05, 3.63) is 35.5 Å². The van der Waals surface area contributed by atoms with Crippen LogP contribution in [0.25, 0.3) is 0 Å². The Balaban J connectivity index is 2.40. The third-order valence-corrected chi connectivity index (χ3v) is 3.74. The lowest BCUT2D eigenvalue weighted by atomic mass is 10.2. The Morgan fingerprint density at radius 3 is 2.63 bits per heavy atom. The minimum atomic E-state index is -3.82. The Hall–Kier alpha value is -2.84. The summed E-state index contributed by atoms with van der Waals surface area (Å²) in [4.78, 5) is 11.2. The molecule has 19 heavy (non-hydrogen) atoms. The molecule has 7 nitrogen and oxygen atoms in total. The van der Waals surface area contributed by atoms with Gasteiger partial charge in [0.05, 0.1) is 5.56 Å². The first kappa shape index (κ1) is 12.6. The lowest BCUT2D eigenvalue weighted by molar-refractivity contribution is 0.0985. The van der Waals surface area contributed by atoms with Crippen molar-refractivity contribution < 1.29 is 13.2 Å². The molecule has 0 aromatic heterocycles. The number of rotatable bonds is 2. The number of hydrogen-bond acceptors (Lipinski definition) is 6. The number of anilines is 1. The summed E-state index contributed by atoms with van der Waals surface area (Å²) < 4.78 is 25.0. The van der Waals surface area contributed by atoms with Gasteiger partial charge in [0.1, 0.15) is 22.6 Å². The van der Waals surface area contributed by atoms with Gasteiger partial charge in [-0.3, -0.25) is 4.79 Å². The topological polar surface area (TPSA) is 123 Å². The number of nitrogens with one attached hydrogen (secondary N) is 2. The fourth-order valence-electron chi connectivity index (χ4n) is 1.50. The van der Waals surface area contributed by atoms with E-state index in [-0.39, 0.29) is 16.0 Å². The Morgan fingerprint density at radius 2 is 2.00 bits per heavy atom. The molecule has 2 N–H and O–H groups in total. The molecule has 1 aliphatic heterocycles. The third-order valence-electron chi connectivity index (χ3n) is 2.37. The minimum absolute atomic E-state index is 0.0651. The molecule has 0 aliphatic carbocycles. The molecule has 0 saturated heterocycles. The van der Waals surface area contributed by atoms with Crippen molar-refractivity contribution in [2.75, 3.05) is 5.32 Å². The number of hydrogen-bond donors (Lipinski definition) is 2. The van der Waals surface area contributed by atoms with E-state index in [1.54, 1.807) is 12.1 Å². The fourth-order valence-corrected chi connectivity index (χ4v) is 2.70. The summed E-state index contributed by atoms with van der Waals surface area (Å²) in [6, 6.07) is 7.38. The summed E-state index contributed by atoms with van der Waals surface area (Å²) in [7, 11) is -3.82. The van der Waals surface area contributed by atoms with Crippen LogP contribution in [-0.4, -0.2) is 14.3 Å². The standard InChI is InChI=1S/C11H6N4O3S/c12-4-7(5-13)6-14-8-1-2-9-10(3-8)19(17,18)15-11(9)16/h1-3,6,14H,(H,15,16). The van der Waals surface area contributed by atoms with Crippen molar-refractivity contribution >= 4 is 21.6 Å². The quantitative estimate of drug-likeness (QED) is 0.755. The molecule has 94 valence electrons. The van der Waals surface area contributed by atoms with Gasteiger partial charge in [0.25, 0.3) is 15.9 Å². The van der Waals surface area contributed by atoms with E-state index in [1.807, 2.05) is 4.72 Å². The molecular weight excluding hydrogens is 268 g/mol. The molecule has 0 radical (unpaired) electrons. The average Bonchev–Trinajstić information content (AvgIpc) is 2.61. The zero-order valence-corrected chi connectivity index (χ0v) is 10.2. The van der Waals surface area contributed by atoms with Crippen LogP contribution in [0, 0.1) is 22.7 Å². The fraction of sp³-hybridized carbons (Fsp3) is 0. The number of sulfonamides is 1. The van der Waals surface area contributed by atoms with Crippen LogP contribution in [0.2, 0.25) is 0 Å². The zero-order valence-electron chi connectivity index (χ0n) is 9.34. The smallest absolute Gasteiger partial charge is 0.266 e. The molecule has 1 heterocycles. The maximum Gasteiger partial charge on any atom is 0.266 e. The van der Waals surface area contributed by atoms with E-state index in [9.17, 15) is 13.2 Å². The normalized spacial score (nSPS) is 14.5. The Morgan fingerprint density at radius 1 is 1.32 bits per heavy atom. The highest BCUT2D eigenvalue weighted by atomic mass is 32.2. The summed E-state index contributed by atoms with van der Waals surface area (Å²) in [5, 5.41) is 19.7. The highest BCUT2D eigenvalue weighted by Gasteiger charge is 2.32. The van der Waals surface area contributed by atoms with Gasteiger partial charge in [0, 0.05) is 11.9 Å². The van der Waals surface area contributed by atoms with Crippen molar-refractivity contribution in [1.29, 1.82) is 10.5 Å². The third kappa shape index (κ3) is 2.25. The van der Waals surface area contributed by atoms with Crippen molar-refractivity contribution in [2.24, 2.45) is 0 Å². The minimum Gasteiger partial charge on any atom is -0.360 e. The van der Waals surface area contributed by atoms with E-state index >= 15 is 0 Å². The Kier molecular flexibility index (Phi) is 2.95. The van der Waals surface area contributed by atoms with Gasteiger partial charge in [-0.25, -0.2) is 13.1 Å². The van der Waals surface area contributed by atoms with Crippen LogP contribution >= 0.6 is 0 Å². The molecule has 1 aromatic rings. The van der Waals surface area contributed by atoms with Crippen molar-refractivity contribution in [1.82, 2.24) is 4.72 Å². The van der Waals surface area contributed by atoms with Crippen LogP contribution in [0.5, 0.6) is 0 Å². The van der Waals surface area contributed by atoms with Crippen molar-refractivity contribution in [3.8, 4) is 12.1 Å². The van der Waals surface area contributed by atoms with Crippen LogP contribution < -0.4 is 10.0 Å². The number of fused-ring (bicyclic) bond motifs is 1. The van der Waals surface area contributed by atoms with E-state index in [4.69, 9.17) is 10.5 Å². The first-order valence-corrected chi connectivity index (χ1v) is 6.44. The van der Waals surface area contributed by atoms with Gasteiger partial charge in [0.15, 0.2) is 0 Å². The number of amides is 1. The predicted molar refractivity (Wildman–Crippen MR) is 64.0 cm³/mol. The van der Waals surface area contributed by atoms with E-state index in [1.165, 1.54) is 18.2 Å². The molecule has 2 rings (SSSR count). The molecule has 0 unspecified atom stereocenters. The summed E-state index contributed by atoms with van der Waals surface area (Å²) in [5.41, 5.74) is 0.259. The number of benzene rings is 1. The number of nitriles is 2. The van der Waals surface area contributed by atoms with E-state index in [0.29, 0.717) is 5.69 Å². The second-order valence-corrected chi connectivity index (χ2v) is 5.22. The maximum absolute atomic E-state index is 11.6. The van der Waals surface area contributed by atoms with Gasteiger partial charge in [-0.05, 0) is 18.2 Å². The highest BCUT2D eigenvalue weighted by Crippen LogP contribution is 2.25. The van der Waals surface area contributed by atoms with Crippen LogP contribution in [-0.2, 0) is 10.0 Å². The van der Waals surface area contributed by atoms with Gasteiger partial charge in [-0.15, -0.1) is 0 Å². The monoisotopic (exact) mass is 274 g/mol. The summed E-state index contributed by atoms with van der Waals surface area (Å²) in [6.07, 6.45) is 1.15. The second kappa shape index (κ2) is 4.44. The van der Waals surface area contributed by atoms with Gasteiger partial charge in [-0.2, -0.15) is 10.5 Å². The average molecular weight is 274 g/mol. The van der Waals surface area contributed by atoms with Gasteiger partial charge in [-0.1, -0.05) is 0 Å². The Bertz CT molecular complexity index is 765. The first-order chi connectivity index (χ1) is 8.97. The molecule has 8 heteroatoms. The molecule has 0 spiro atoms. The molecule has 0 fully saturated rings. The van der Waals surface area contributed by atoms with Crippen LogP contribution in [0.4, 0.5) is 5.69 Å². The lowest BCUT2D eigenvalue weighted by Crippen LogP contribution is -2.20. The summed E-state index contributed by atoms with van der Waals surface area (Å²) in [5.74, 6) is -0.674. The van der Waals surface area contributed by atoms with Crippen LogP contribution in [0.1, 0.15) is 10.4 Å². The molecular formula is C11H6N4O3S. The molecule has 0 saturated carbocycles. The predicted octanol–water partition coefficient (Wildman–Crippen LogP) is 0.462. The van der Waals surface area contributed by atoms with Crippen molar-refractivity contribution in [3.63, 3.8) is 0 Å². The lowest BCUT2D eigenvalue weighted by Gasteiger charge is -2.02. The SMILES string of the molecule is N#CC(C#N)=CNc1ccc2c(c1)S(=O)(=O)NC2=O. The summed E-state index contributed by atoms with van der Waals surface area (Å²) >= 11 is 0. The van der Waals surface area contributed by atoms with Gasteiger partial charge >= 0.3 is 0 Å². The van der Waals surface area contributed by atoms with E-state index in [2.05, 4.69) is 5.32 Å². The Labute approximate surface area is 108 Å². The molecule has 1 aromatic carbocycles. The van der Waals surface area contributed by atoms with Gasteiger partial charge in [0.2, 0.25) is 0 Å². The number of carbonyl (C=O) groups excluding carboxylic acids is 1. The number of carbonyl (C=O) groups is 1. The molecule has 0 bridgehead atoms. The molecule has 0 atom stereocenters. The highest BCUT2D eigenvalue weighted by molar-refractivity contribution is 7.90. The number of nitrogens with zero attached hydrogens (tertiary/aromatic N) is 2. The summed E-state index contributed by atoms with van der Waals surface area (Å²) in [6.45, 7) is 0. The zero-order chi connectivity index (χ0) is 14.0. The van der Waals surface area contributed by atoms with E-state index in [0.717, 1.165) is 6.20 Å².